The molecule has 1 fully saturated rings. The van der Waals surface area contributed by atoms with E-state index in [0.29, 0.717) is 28.8 Å². The Kier molecular flexibility index (Phi) is 6.79. The van der Waals surface area contributed by atoms with Crippen molar-refractivity contribution >= 4 is 17.5 Å². The number of piperidine rings is 1. The molecule has 1 saturated heterocycles. The highest BCUT2D eigenvalue weighted by molar-refractivity contribution is 5.68. The summed E-state index contributed by atoms with van der Waals surface area (Å²) >= 11 is 0. The third-order valence-electron chi connectivity index (χ3n) is 6.25. The summed E-state index contributed by atoms with van der Waals surface area (Å²) in [4.78, 5) is 17.9. The summed E-state index contributed by atoms with van der Waals surface area (Å²) in [5.74, 6) is -2.26. The predicted octanol–water partition coefficient (Wildman–Crippen LogP) is 4.77. The second-order valence-corrected chi connectivity index (χ2v) is 9.38. The number of anilines is 3. The van der Waals surface area contributed by atoms with Crippen LogP contribution in [0.3, 0.4) is 0 Å². The number of aromatic nitrogens is 5. The Bertz CT molecular complexity index is 1100. The molecule has 0 aliphatic carbocycles. The first-order chi connectivity index (χ1) is 16.1. The minimum absolute atomic E-state index is 0.0259. The molecule has 0 saturated carbocycles. The maximum atomic E-state index is 14.2. The molecule has 0 amide bonds. The van der Waals surface area contributed by atoms with E-state index in [1.807, 2.05) is 32.2 Å². The molecule has 34 heavy (non-hydrogen) atoms. The highest BCUT2D eigenvalue weighted by Crippen LogP contribution is 2.38. The van der Waals surface area contributed by atoms with E-state index in [2.05, 4.69) is 54.4 Å². The van der Waals surface area contributed by atoms with Gasteiger partial charge in [0, 0.05) is 37.9 Å². The van der Waals surface area contributed by atoms with E-state index in [1.54, 1.807) is 12.3 Å². The largest absolute Gasteiger partial charge is 0.370 e. The van der Waals surface area contributed by atoms with Gasteiger partial charge in [0.25, 0.3) is 5.92 Å². The molecular formula is C24H32F2N8. The Morgan fingerprint density at radius 2 is 1.88 bits per heavy atom. The smallest absolute Gasteiger partial charge is 0.289 e. The molecule has 1 aliphatic rings. The zero-order chi connectivity index (χ0) is 24.5. The molecule has 10 heteroatoms. The molecule has 4 heterocycles. The molecular weight excluding hydrogens is 438 g/mol. The second-order valence-electron chi connectivity index (χ2n) is 9.38. The van der Waals surface area contributed by atoms with Gasteiger partial charge in [-0.3, -0.25) is 5.10 Å². The summed E-state index contributed by atoms with van der Waals surface area (Å²) in [6.07, 6.45) is 5.63. The fourth-order valence-corrected chi connectivity index (χ4v) is 4.31. The Labute approximate surface area is 198 Å². The lowest BCUT2D eigenvalue weighted by molar-refractivity contribution is 0.0133. The molecule has 0 aromatic carbocycles. The van der Waals surface area contributed by atoms with Crippen molar-refractivity contribution in [2.45, 2.75) is 51.5 Å². The van der Waals surface area contributed by atoms with E-state index in [-0.39, 0.29) is 17.6 Å². The summed E-state index contributed by atoms with van der Waals surface area (Å²) in [5, 5.41) is 9.74. The van der Waals surface area contributed by atoms with Gasteiger partial charge in [-0.2, -0.15) is 13.9 Å². The second kappa shape index (κ2) is 9.61. The van der Waals surface area contributed by atoms with Crippen LogP contribution < -0.4 is 10.2 Å². The average molecular weight is 471 g/mol. The van der Waals surface area contributed by atoms with Crippen LogP contribution in [0.1, 0.15) is 50.9 Å². The monoisotopic (exact) mass is 470 g/mol. The van der Waals surface area contributed by atoms with Gasteiger partial charge in [0.1, 0.15) is 11.5 Å². The first kappa shape index (κ1) is 24.0. The van der Waals surface area contributed by atoms with Gasteiger partial charge in [0.05, 0.1) is 23.1 Å². The maximum Gasteiger partial charge on any atom is 0.289 e. The quantitative estimate of drug-likeness (QED) is 0.514. The highest BCUT2D eigenvalue weighted by Gasteiger charge is 2.34. The van der Waals surface area contributed by atoms with Crippen molar-refractivity contribution in [3.63, 3.8) is 0 Å². The Morgan fingerprint density at radius 1 is 1.15 bits per heavy atom. The number of nitrogens with one attached hydrogen (secondary N) is 2. The molecule has 4 rings (SSSR count). The molecule has 0 radical (unpaired) electrons. The van der Waals surface area contributed by atoms with Crippen LogP contribution in [0.2, 0.25) is 0 Å². The van der Waals surface area contributed by atoms with Crippen LogP contribution in [0.15, 0.2) is 30.6 Å². The molecule has 2 N–H and O–H groups in total. The van der Waals surface area contributed by atoms with Crippen molar-refractivity contribution in [3.8, 4) is 11.3 Å². The van der Waals surface area contributed by atoms with E-state index in [4.69, 9.17) is 0 Å². The van der Waals surface area contributed by atoms with Crippen LogP contribution in [0.25, 0.3) is 11.3 Å². The lowest BCUT2D eigenvalue weighted by Gasteiger charge is -2.36. The van der Waals surface area contributed by atoms with Gasteiger partial charge in [0.15, 0.2) is 0 Å². The highest BCUT2D eigenvalue weighted by atomic mass is 19.3. The van der Waals surface area contributed by atoms with Crippen LogP contribution in [0.4, 0.5) is 26.2 Å². The number of nitrogens with zero attached hydrogens (tertiary/aromatic N) is 6. The minimum atomic E-state index is -3.10. The number of pyridine rings is 1. The van der Waals surface area contributed by atoms with Crippen molar-refractivity contribution < 1.29 is 8.78 Å². The number of aromatic amines is 1. The zero-order valence-electron chi connectivity index (χ0n) is 20.3. The predicted molar refractivity (Wildman–Crippen MR) is 130 cm³/mol. The third-order valence-corrected chi connectivity index (χ3v) is 6.25. The fraction of sp³-hybridized carbons (Fsp3) is 0.500. The maximum absolute atomic E-state index is 14.2. The van der Waals surface area contributed by atoms with Gasteiger partial charge >= 0.3 is 0 Å². The summed E-state index contributed by atoms with van der Waals surface area (Å²) in [5.41, 5.74) is 2.07. The van der Waals surface area contributed by atoms with Crippen LogP contribution in [0.5, 0.6) is 0 Å². The number of hydrogen-bond acceptors (Lipinski definition) is 7. The van der Waals surface area contributed by atoms with Crippen molar-refractivity contribution in [3.05, 3.63) is 42.0 Å². The van der Waals surface area contributed by atoms with Crippen LogP contribution in [-0.4, -0.2) is 63.3 Å². The number of alkyl halides is 2. The number of halogens is 2. The lowest BCUT2D eigenvalue weighted by Crippen LogP contribution is -2.42. The Hall–Kier alpha value is -3.14. The van der Waals surface area contributed by atoms with Gasteiger partial charge < -0.3 is 15.1 Å². The summed E-state index contributed by atoms with van der Waals surface area (Å²) < 4.78 is 28.4. The topological polar surface area (TPSA) is 85.9 Å². The van der Waals surface area contributed by atoms with E-state index in [1.165, 1.54) is 0 Å². The first-order valence-electron chi connectivity index (χ1n) is 11.6. The molecule has 1 aliphatic heterocycles. The molecule has 8 nitrogen and oxygen atoms in total. The van der Waals surface area contributed by atoms with E-state index >= 15 is 0 Å². The van der Waals surface area contributed by atoms with Gasteiger partial charge in [0.2, 0.25) is 5.95 Å². The van der Waals surface area contributed by atoms with E-state index in [0.717, 1.165) is 38.5 Å². The van der Waals surface area contributed by atoms with Gasteiger partial charge in [-0.25, -0.2) is 15.0 Å². The summed E-state index contributed by atoms with van der Waals surface area (Å²) in [6, 6.07) is 6.14. The van der Waals surface area contributed by atoms with Crippen molar-refractivity contribution in [1.29, 1.82) is 0 Å². The Morgan fingerprint density at radius 3 is 2.47 bits per heavy atom. The summed E-state index contributed by atoms with van der Waals surface area (Å²) in [7, 11) is 4.26. The molecule has 182 valence electrons. The normalized spacial score (nSPS) is 15.4. The van der Waals surface area contributed by atoms with Gasteiger partial charge in [-0.1, -0.05) is 13.8 Å². The van der Waals surface area contributed by atoms with E-state index < -0.39 is 5.92 Å². The minimum Gasteiger partial charge on any atom is -0.370 e. The molecule has 0 atom stereocenters. The van der Waals surface area contributed by atoms with Gasteiger partial charge in [-0.15, -0.1) is 0 Å². The van der Waals surface area contributed by atoms with Crippen LogP contribution >= 0.6 is 0 Å². The SMILES string of the molecule is CC(C)c1[nH]nc(C(C)(F)F)c1-c1ccnc(Nc2ccc(N3CCC(N(C)C)CC3)cn2)n1. The van der Waals surface area contributed by atoms with Crippen molar-refractivity contribution in [2.75, 3.05) is 37.4 Å². The molecule has 3 aromatic rings. The van der Waals surface area contributed by atoms with Crippen molar-refractivity contribution in [2.24, 2.45) is 0 Å². The van der Waals surface area contributed by atoms with Gasteiger partial charge in [-0.05, 0) is 51.1 Å². The Balaban J connectivity index is 1.52. The van der Waals surface area contributed by atoms with Crippen LogP contribution in [-0.2, 0) is 5.92 Å². The van der Waals surface area contributed by atoms with E-state index in [9.17, 15) is 8.78 Å². The average Bonchev–Trinajstić information content (AvgIpc) is 3.26. The standard InChI is InChI=1S/C24H32F2N8/c1-15(2)21-20(22(32-31-21)24(3,25)26)18-8-11-27-23(29-18)30-19-7-6-17(14-28-19)34-12-9-16(10-13-34)33(4)5/h6-8,11,14-16H,9-10,12-13H2,1-5H3,(H,31,32)(H,27,28,29,30). The number of rotatable bonds is 7. The first-order valence-corrected chi connectivity index (χ1v) is 11.6. The molecule has 0 spiro atoms. The molecule has 3 aromatic heterocycles. The fourth-order valence-electron chi connectivity index (χ4n) is 4.31. The number of H-pyrrole nitrogens is 1. The summed E-state index contributed by atoms with van der Waals surface area (Å²) in [6.45, 7) is 6.67. The molecule has 0 bridgehead atoms. The zero-order valence-corrected chi connectivity index (χ0v) is 20.3. The van der Waals surface area contributed by atoms with Crippen molar-refractivity contribution in [1.82, 2.24) is 30.0 Å². The lowest BCUT2D eigenvalue weighted by atomic mass is 9.99. The van der Waals surface area contributed by atoms with Crippen LogP contribution in [0, 0.1) is 0 Å². The molecule has 0 unspecified atom stereocenters. The number of hydrogen-bond donors (Lipinski definition) is 2. The third kappa shape index (κ3) is 5.16.